The van der Waals surface area contributed by atoms with Gasteiger partial charge in [-0.05, 0) is 30.3 Å². The molecule has 3 rings (SSSR count). The van der Waals surface area contributed by atoms with Gasteiger partial charge in [-0.1, -0.05) is 6.07 Å². The topological polar surface area (TPSA) is 62.7 Å². The Balaban J connectivity index is 2.03. The number of benzene rings is 1. The summed E-state index contributed by atoms with van der Waals surface area (Å²) in [5.41, 5.74) is 1.86. The number of hydrogen-bond donors (Lipinski definition) is 0. The molecule has 0 radical (unpaired) electrons. The first-order valence-corrected chi connectivity index (χ1v) is 5.84. The zero-order valence-corrected chi connectivity index (χ0v) is 10.2. The van der Waals surface area contributed by atoms with Gasteiger partial charge in [0.25, 0.3) is 0 Å². The average Bonchev–Trinajstić information content (AvgIpc) is 2.97. The Morgan fingerprint density at radius 1 is 1.15 bits per heavy atom. The number of hydrogen-bond acceptors (Lipinski definition) is 4. The molecular weight excluding hydrogens is 257 g/mol. The Hall–Kier alpha value is -3.00. The Morgan fingerprint density at radius 2 is 2.05 bits per heavy atom. The molecule has 0 aliphatic rings. The van der Waals surface area contributed by atoms with Crippen molar-refractivity contribution >= 4 is 0 Å². The van der Waals surface area contributed by atoms with Crippen LogP contribution in [0.25, 0.3) is 22.8 Å². The molecule has 0 N–H and O–H groups in total. The van der Waals surface area contributed by atoms with Crippen LogP contribution in [0, 0.1) is 17.1 Å². The van der Waals surface area contributed by atoms with Gasteiger partial charge < -0.3 is 4.42 Å². The molecule has 5 heteroatoms. The zero-order valence-electron chi connectivity index (χ0n) is 10.2. The smallest absolute Gasteiger partial charge is 0.226 e. The van der Waals surface area contributed by atoms with Crippen molar-refractivity contribution in [1.82, 2.24) is 9.97 Å². The molecule has 0 saturated carbocycles. The number of rotatable bonds is 2. The summed E-state index contributed by atoms with van der Waals surface area (Å²) in [6.45, 7) is 0. The van der Waals surface area contributed by atoms with Crippen LogP contribution >= 0.6 is 0 Å². The number of aromatic nitrogens is 2. The van der Waals surface area contributed by atoms with Crippen molar-refractivity contribution in [3.05, 3.63) is 60.2 Å². The maximum Gasteiger partial charge on any atom is 0.226 e. The van der Waals surface area contributed by atoms with E-state index in [1.807, 2.05) is 12.1 Å². The van der Waals surface area contributed by atoms with Crippen LogP contribution in [0.2, 0.25) is 0 Å². The third-order valence-corrected chi connectivity index (χ3v) is 2.71. The molecule has 2 heterocycles. The van der Waals surface area contributed by atoms with Gasteiger partial charge in [0.15, 0.2) is 0 Å². The second kappa shape index (κ2) is 4.94. The highest BCUT2D eigenvalue weighted by Gasteiger charge is 2.11. The highest BCUT2D eigenvalue weighted by molar-refractivity contribution is 5.61. The fourth-order valence-electron chi connectivity index (χ4n) is 1.82. The van der Waals surface area contributed by atoms with E-state index in [0.29, 0.717) is 17.0 Å². The SMILES string of the molecule is N#Cc1cc(F)cc(-c2nc(-c3ccccn3)co2)c1. The molecule has 0 atom stereocenters. The molecule has 0 bridgehead atoms. The summed E-state index contributed by atoms with van der Waals surface area (Å²) in [4.78, 5) is 8.42. The van der Waals surface area contributed by atoms with E-state index < -0.39 is 5.82 Å². The summed E-state index contributed by atoms with van der Waals surface area (Å²) in [5, 5.41) is 8.84. The van der Waals surface area contributed by atoms with Gasteiger partial charge in [0.2, 0.25) is 5.89 Å². The van der Waals surface area contributed by atoms with E-state index in [4.69, 9.17) is 9.68 Å². The maximum absolute atomic E-state index is 13.4. The van der Waals surface area contributed by atoms with Crippen LogP contribution in [-0.2, 0) is 0 Å². The van der Waals surface area contributed by atoms with E-state index in [1.165, 1.54) is 18.4 Å². The van der Waals surface area contributed by atoms with E-state index in [1.54, 1.807) is 18.3 Å². The number of pyridine rings is 1. The Bertz CT molecular complexity index is 790. The Labute approximate surface area is 114 Å². The van der Waals surface area contributed by atoms with Crippen LogP contribution < -0.4 is 0 Å². The van der Waals surface area contributed by atoms with Crippen molar-refractivity contribution in [1.29, 1.82) is 5.26 Å². The first-order valence-electron chi connectivity index (χ1n) is 5.84. The largest absolute Gasteiger partial charge is 0.444 e. The molecular formula is C15H8FN3O. The Morgan fingerprint density at radius 3 is 2.80 bits per heavy atom. The van der Waals surface area contributed by atoms with Crippen LogP contribution in [0.3, 0.4) is 0 Å². The van der Waals surface area contributed by atoms with Crippen molar-refractivity contribution in [2.24, 2.45) is 0 Å². The third-order valence-electron chi connectivity index (χ3n) is 2.71. The molecule has 3 aromatic rings. The predicted octanol–water partition coefficient (Wildman–Crippen LogP) is 3.41. The van der Waals surface area contributed by atoms with Crippen LogP contribution in [0.15, 0.2) is 53.3 Å². The van der Waals surface area contributed by atoms with Gasteiger partial charge in [0, 0.05) is 11.8 Å². The minimum absolute atomic E-state index is 0.220. The molecule has 0 fully saturated rings. The van der Waals surface area contributed by atoms with Crippen LogP contribution in [0.5, 0.6) is 0 Å². The first kappa shape index (κ1) is 12.1. The molecule has 0 saturated heterocycles. The van der Waals surface area contributed by atoms with Gasteiger partial charge in [-0.15, -0.1) is 0 Å². The van der Waals surface area contributed by atoms with E-state index in [2.05, 4.69) is 9.97 Å². The van der Waals surface area contributed by atoms with Crippen molar-refractivity contribution < 1.29 is 8.81 Å². The van der Waals surface area contributed by atoms with Crippen molar-refractivity contribution in [3.8, 4) is 28.9 Å². The number of oxazole rings is 1. The van der Waals surface area contributed by atoms with Crippen molar-refractivity contribution in [2.75, 3.05) is 0 Å². The van der Waals surface area contributed by atoms with Crippen molar-refractivity contribution in [2.45, 2.75) is 0 Å². The maximum atomic E-state index is 13.4. The molecule has 0 spiro atoms. The lowest BCUT2D eigenvalue weighted by molar-refractivity contribution is 0.572. The lowest BCUT2D eigenvalue weighted by atomic mass is 10.1. The quantitative estimate of drug-likeness (QED) is 0.712. The summed E-state index contributed by atoms with van der Waals surface area (Å²) in [6, 6.07) is 11.3. The van der Waals surface area contributed by atoms with Gasteiger partial charge in [-0.3, -0.25) is 4.98 Å². The predicted molar refractivity (Wildman–Crippen MR) is 69.8 cm³/mol. The Kier molecular flexibility index (Phi) is 2.98. The molecule has 1 aromatic carbocycles. The summed E-state index contributed by atoms with van der Waals surface area (Å²) >= 11 is 0. The summed E-state index contributed by atoms with van der Waals surface area (Å²) in [5.74, 6) is -0.252. The molecule has 0 amide bonds. The van der Waals surface area contributed by atoms with E-state index in [0.717, 1.165) is 6.07 Å². The lowest BCUT2D eigenvalue weighted by Crippen LogP contribution is -1.85. The minimum atomic E-state index is -0.503. The first-order chi connectivity index (χ1) is 9.76. The fourth-order valence-corrected chi connectivity index (χ4v) is 1.82. The van der Waals surface area contributed by atoms with Gasteiger partial charge in [0.05, 0.1) is 17.3 Å². The molecule has 0 aliphatic carbocycles. The molecule has 96 valence electrons. The lowest BCUT2D eigenvalue weighted by Gasteiger charge is -1.97. The molecule has 20 heavy (non-hydrogen) atoms. The second-order valence-electron chi connectivity index (χ2n) is 4.09. The van der Waals surface area contributed by atoms with Crippen LogP contribution in [0.4, 0.5) is 4.39 Å². The third kappa shape index (κ3) is 2.27. The summed E-state index contributed by atoms with van der Waals surface area (Å²) in [6.07, 6.45) is 3.11. The normalized spacial score (nSPS) is 10.2. The molecule has 4 nitrogen and oxygen atoms in total. The average molecular weight is 265 g/mol. The van der Waals surface area contributed by atoms with Crippen LogP contribution in [0.1, 0.15) is 5.56 Å². The van der Waals surface area contributed by atoms with Crippen LogP contribution in [-0.4, -0.2) is 9.97 Å². The van der Waals surface area contributed by atoms with E-state index >= 15 is 0 Å². The standard InChI is InChI=1S/C15H8FN3O/c16-12-6-10(8-17)5-11(7-12)15-19-14(9-20-15)13-3-1-2-4-18-13/h1-7,9H. The van der Waals surface area contributed by atoms with Gasteiger partial charge in [-0.2, -0.15) is 5.26 Å². The van der Waals surface area contributed by atoms with Crippen molar-refractivity contribution in [3.63, 3.8) is 0 Å². The van der Waals surface area contributed by atoms with Gasteiger partial charge in [0.1, 0.15) is 17.8 Å². The summed E-state index contributed by atoms with van der Waals surface area (Å²) < 4.78 is 18.7. The highest BCUT2D eigenvalue weighted by atomic mass is 19.1. The highest BCUT2D eigenvalue weighted by Crippen LogP contribution is 2.24. The molecule has 0 unspecified atom stereocenters. The van der Waals surface area contributed by atoms with E-state index in [9.17, 15) is 4.39 Å². The molecule has 2 aromatic heterocycles. The number of nitrogens with zero attached hydrogens (tertiary/aromatic N) is 3. The fraction of sp³-hybridized carbons (Fsp3) is 0. The molecule has 0 aliphatic heterocycles. The minimum Gasteiger partial charge on any atom is -0.444 e. The van der Waals surface area contributed by atoms with Gasteiger partial charge >= 0.3 is 0 Å². The van der Waals surface area contributed by atoms with E-state index in [-0.39, 0.29) is 11.5 Å². The summed E-state index contributed by atoms with van der Waals surface area (Å²) in [7, 11) is 0. The zero-order chi connectivity index (χ0) is 13.9. The number of halogens is 1. The number of nitriles is 1. The van der Waals surface area contributed by atoms with Gasteiger partial charge in [-0.25, -0.2) is 9.37 Å². The monoisotopic (exact) mass is 265 g/mol. The second-order valence-corrected chi connectivity index (χ2v) is 4.09.